The summed E-state index contributed by atoms with van der Waals surface area (Å²) >= 11 is 5.73. The number of hydrogen-bond acceptors (Lipinski definition) is 2. The second-order valence-electron chi connectivity index (χ2n) is 5.72. The number of carbonyl (C=O) groups excluding carboxylic acids is 1. The maximum atomic E-state index is 13.8. The van der Waals surface area contributed by atoms with Crippen molar-refractivity contribution in [2.45, 2.75) is 25.8 Å². The number of fused-ring (bicyclic) bond motifs is 1. The first-order valence-electron chi connectivity index (χ1n) is 7.67. The van der Waals surface area contributed by atoms with Gasteiger partial charge in [-0.1, -0.05) is 29.8 Å². The number of hydrogen-bond donors (Lipinski definition) is 1. The predicted octanol–water partition coefficient (Wildman–Crippen LogP) is 4.26. The van der Waals surface area contributed by atoms with Crippen LogP contribution in [0.25, 0.3) is 0 Å². The van der Waals surface area contributed by atoms with Gasteiger partial charge in [-0.15, -0.1) is 0 Å². The topological polar surface area (TPSA) is 32.3 Å². The largest absolute Gasteiger partial charge is 0.360 e. The summed E-state index contributed by atoms with van der Waals surface area (Å²) in [6.45, 7) is 2.65. The summed E-state index contributed by atoms with van der Waals surface area (Å²) in [7, 11) is 0. The Morgan fingerprint density at radius 2 is 2.09 bits per heavy atom. The van der Waals surface area contributed by atoms with Crippen LogP contribution >= 0.6 is 11.6 Å². The Hall–Kier alpha value is -2.07. The zero-order chi connectivity index (χ0) is 16.4. The first-order valence-corrected chi connectivity index (χ1v) is 8.04. The molecule has 2 aromatic carbocycles. The van der Waals surface area contributed by atoms with Gasteiger partial charge in [0.05, 0.1) is 5.69 Å². The zero-order valence-electron chi connectivity index (χ0n) is 12.9. The number of amides is 1. The molecule has 0 unspecified atom stereocenters. The van der Waals surface area contributed by atoms with Crippen molar-refractivity contribution in [3.63, 3.8) is 0 Å². The normalized spacial score (nSPS) is 15.0. The van der Waals surface area contributed by atoms with E-state index in [9.17, 15) is 9.18 Å². The molecule has 1 amide bonds. The van der Waals surface area contributed by atoms with Crippen LogP contribution in [-0.4, -0.2) is 18.5 Å². The smallest absolute Gasteiger partial charge is 0.246 e. The molecule has 0 spiro atoms. The van der Waals surface area contributed by atoms with Crippen LogP contribution in [0, 0.1) is 5.82 Å². The van der Waals surface area contributed by atoms with E-state index in [-0.39, 0.29) is 17.6 Å². The molecule has 3 nitrogen and oxygen atoms in total. The lowest BCUT2D eigenvalue weighted by Crippen LogP contribution is -2.44. The summed E-state index contributed by atoms with van der Waals surface area (Å²) in [5.74, 6) is -0.764. The standard InChI is InChI=1S/C18H18ClFN2O/c1-12(18(23)21-16-9-8-14(19)11-15(16)20)22-10-4-6-13-5-2-3-7-17(13)22/h2-3,5,7-9,11-12H,4,6,10H2,1H3,(H,21,23)/t12-/m0/s1. The Morgan fingerprint density at radius 3 is 2.87 bits per heavy atom. The molecule has 0 aromatic heterocycles. The van der Waals surface area contributed by atoms with Gasteiger partial charge in [0.25, 0.3) is 0 Å². The number of carbonyl (C=O) groups is 1. The monoisotopic (exact) mass is 332 g/mol. The molecule has 5 heteroatoms. The molecule has 0 aliphatic carbocycles. The minimum absolute atomic E-state index is 0.150. The average Bonchev–Trinajstić information content (AvgIpc) is 2.56. The minimum Gasteiger partial charge on any atom is -0.360 e. The summed E-state index contributed by atoms with van der Waals surface area (Å²) in [4.78, 5) is 14.6. The van der Waals surface area contributed by atoms with E-state index >= 15 is 0 Å². The quantitative estimate of drug-likeness (QED) is 0.911. The Balaban J connectivity index is 1.78. The highest BCUT2D eigenvalue weighted by atomic mass is 35.5. The van der Waals surface area contributed by atoms with Crippen molar-refractivity contribution in [1.82, 2.24) is 0 Å². The van der Waals surface area contributed by atoms with Gasteiger partial charge in [0.1, 0.15) is 11.9 Å². The first-order chi connectivity index (χ1) is 11.1. The summed E-state index contributed by atoms with van der Waals surface area (Å²) in [5.41, 5.74) is 2.48. The molecular formula is C18H18ClFN2O. The van der Waals surface area contributed by atoms with E-state index in [4.69, 9.17) is 11.6 Å². The Labute approximate surface area is 140 Å². The van der Waals surface area contributed by atoms with Crippen LogP contribution in [0.1, 0.15) is 18.9 Å². The molecule has 0 fully saturated rings. The highest BCUT2D eigenvalue weighted by molar-refractivity contribution is 6.30. The molecule has 1 N–H and O–H groups in total. The molecule has 0 bridgehead atoms. The summed E-state index contributed by atoms with van der Waals surface area (Å²) in [6, 6.07) is 11.9. The molecule has 120 valence electrons. The third kappa shape index (κ3) is 3.32. The molecule has 0 radical (unpaired) electrons. The van der Waals surface area contributed by atoms with Crippen molar-refractivity contribution in [2.75, 3.05) is 16.8 Å². The van der Waals surface area contributed by atoms with Crippen LogP contribution in [0.5, 0.6) is 0 Å². The maximum absolute atomic E-state index is 13.8. The fraction of sp³-hybridized carbons (Fsp3) is 0.278. The number of halogens is 2. The van der Waals surface area contributed by atoms with Crippen molar-refractivity contribution in [2.24, 2.45) is 0 Å². The number of nitrogens with one attached hydrogen (secondary N) is 1. The van der Waals surface area contributed by atoms with Crippen molar-refractivity contribution < 1.29 is 9.18 Å². The Morgan fingerprint density at radius 1 is 1.30 bits per heavy atom. The van der Waals surface area contributed by atoms with E-state index in [1.165, 1.54) is 17.7 Å². The molecule has 0 saturated heterocycles. The molecular weight excluding hydrogens is 315 g/mol. The fourth-order valence-electron chi connectivity index (χ4n) is 2.93. The van der Waals surface area contributed by atoms with E-state index in [0.717, 1.165) is 25.1 Å². The van der Waals surface area contributed by atoms with Gasteiger partial charge in [-0.2, -0.15) is 0 Å². The van der Waals surface area contributed by atoms with E-state index < -0.39 is 5.82 Å². The molecule has 23 heavy (non-hydrogen) atoms. The van der Waals surface area contributed by atoms with Crippen LogP contribution in [0.2, 0.25) is 5.02 Å². The number of rotatable bonds is 3. The summed E-state index contributed by atoms with van der Waals surface area (Å²) in [5, 5.41) is 2.96. The van der Waals surface area contributed by atoms with Crippen LogP contribution in [0.4, 0.5) is 15.8 Å². The van der Waals surface area contributed by atoms with Crippen molar-refractivity contribution in [3.05, 3.63) is 58.9 Å². The molecule has 1 aliphatic rings. The zero-order valence-corrected chi connectivity index (χ0v) is 13.6. The summed E-state index contributed by atoms with van der Waals surface area (Å²) < 4.78 is 13.8. The molecule has 1 atom stereocenters. The molecule has 3 rings (SSSR count). The van der Waals surface area contributed by atoms with Gasteiger partial charge in [-0.05, 0) is 49.6 Å². The number of anilines is 2. The third-order valence-corrected chi connectivity index (χ3v) is 4.42. The van der Waals surface area contributed by atoms with Crippen LogP contribution in [-0.2, 0) is 11.2 Å². The SMILES string of the molecule is C[C@@H](C(=O)Nc1ccc(Cl)cc1F)N1CCCc2ccccc21. The second-order valence-corrected chi connectivity index (χ2v) is 6.15. The summed E-state index contributed by atoms with van der Waals surface area (Å²) in [6.07, 6.45) is 2.02. The highest BCUT2D eigenvalue weighted by Crippen LogP contribution is 2.29. The average molecular weight is 333 g/mol. The van der Waals surface area contributed by atoms with Gasteiger partial charge in [-0.25, -0.2) is 4.39 Å². The van der Waals surface area contributed by atoms with Gasteiger partial charge < -0.3 is 10.2 Å². The van der Waals surface area contributed by atoms with E-state index in [1.54, 1.807) is 6.07 Å². The van der Waals surface area contributed by atoms with Gasteiger partial charge in [0.15, 0.2) is 0 Å². The lowest BCUT2D eigenvalue weighted by atomic mass is 10.00. The number of para-hydroxylation sites is 1. The van der Waals surface area contributed by atoms with Crippen LogP contribution in [0.3, 0.4) is 0 Å². The number of benzene rings is 2. The lowest BCUT2D eigenvalue weighted by Gasteiger charge is -2.35. The second kappa shape index (κ2) is 6.59. The highest BCUT2D eigenvalue weighted by Gasteiger charge is 2.26. The molecule has 1 heterocycles. The van der Waals surface area contributed by atoms with Crippen molar-refractivity contribution >= 4 is 28.9 Å². The van der Waals surface area contributed by atoms with Crippen molar-refractivity contribution in [3.8, 4) is 0 Å². The van der Waals surface area contributed by atoms with Crippen molar-refractivity contribution in [1.29, 1.82) is 0 Å². The number of aryl methyl sites for hydroxylation is 1. The minimum atomic E-state index is -0.530. The maximum Gasteiger partial charge on any atom is 0.246 e. The molecule has 1 aliphatic heterocycles. The molecule has 0 saturated carbocycles. The lowest BCUT2D eigenvalue weighted by molar-refractivity contribution is -0.117. The van der Waals surface area contributed by atoms with E-state index in [1.807, 2.05) is 25.1 Å². The van der Waals surface area contributed by atoms with Crippen LogP contribution < -0.4 is 10.2 Å². The van der Waals surface area contributed by atoms with Gasteiger partial charge in [0, 0.05) is 17.3 Å². The Bertz CT molecular complexity index is 735. The Kier molecular flexibility index (Phi) is 4.53. The third-order valence-electron chi connectivity index (χ3n) is 4.18. The molecule has 2 aromatic rings. The fourth-order valence-corrected chi connectivity index (χ4v) is 3.09. The van der Waals surface area contributed by atoms with E-state index in [0.29, 0.717) is 5.02 Å². The first kappa shape index (κ1) is 15.8. The van der Waals surface area contributed by atoms with Gasteiger partial charge in [-0.3, -0.25) is 4.79 Å². The predicted molar refractivity (Wildman–Crippen MR) is 91.6 cm³/mol. The van der Waals surface area contributed by atoms with Crippen LogP contribution in [0.15, 0.2) is 42.5 Å². The number of nitrogens with zero attached hydrogens (tertiary/aromatic N) is 1. The van der Waals surface area contributed by atoms with E-state index in [2.05, 4.69) is 16.3 Å². The van der Waals surface area contributed by atoms with Gasteiger partial charge in [0.2, 0.25) is 5.91 Å². The van der Waals surface area contributed by atoms with Gasteiger partial charge >= 0.3 is 0 Å².